The quantitative estimate of drug-likeness (QED) is 0.821. The third-order valence-electron chi connectivity index (χ3n) is 2.96. The van der Waals surface area contributed by atoms with Crippen molar-refractivity contribution in [3.8, 4) is 0 Å². The molecule has 0 aliphatic heterocycles. The molecule has 0 aliphatic rings. The minimum Gasteiger partial charge on any atom is -0.355 e. The molecule has 0 saturated carbocycles. The normalized spacial score (nSPS) is 10.5. The van der Waals surface area contributed by atoms with Crippen molar-refractivity contribution in [1.82, 2.24) is 20.1 Å². The molecular weight excluding hydrogens is 272 g/mol. The zero-order chi connectivity index (χ0) is 14.4. The first-order valence-electron chi connectivity index (χ1n) is 6.46. The molecule has 1 heterocycles. The van der Waals surface area contributed by atoms with Gasteiger partial charge in [-0.15, -0.1) is 10.2 Å². The maximum absolute atomic E-state index is 11.7. The molecule has 1 aromatic carbocycles. The molecule has 1 aromatic heterocycles. The van der Waals surface area contributed by atoms with E-state index < -0.39 is 0 Å². The van der Waals surface area contributed by atoms with Crippen LogP contribution in [0.4, 0.5) is 0 Å². The number of nitrogens with zero attached hydrogens (tertiary/aromatic N) is 3. The van der Waals surface area contributed by atoms with Gasteiger partial charge in [-0.05, 0) is 18.9 Å². The summed E-state index contributed by atoms with van der Waals surface area (Å²) in [5.41, 5.74) is 1.23. The van der Waals surface area contributed by atoms with Crippen LogP contribution in [-0.2, 0) is 18.3 Å². The summed E-state index contributed by atoms with van der Waals surface area (Å²) < 4.78 is 1.88. The highest BCUT2D eigenvalue weighted by atomic mass is 32.2. The summed E-state index contributed by atoms with van der Waals surface area (Å²) in [6.07, 6.45) is 0.848. The number of hydrogen-bond donors (Lipinski definition) is 1. The Morgan fingerprint density at radius 3 is 2.70 bits per heavy atom. The Morgan fingerprint density at radius 1 is 1.30 bits per heavy atom. The molecule has 0 radical (unpaired) electrons. The molecule has 1 N–H and O–H groups in total. The van der Waals surface area contributed by atoms with Crippen molar-refractivity contribution in [3.05, 3.63) is 41.7 Å². The van der Waals surface area contributed by atoms with Crippen LogP contribution in [0.2, 0.25) is 0 Å². The molecule has 0 fully saturated rings. The largest absolute Gasteiger partial charge is 0.355 e. The first-order chi connectivity index (χ1) is 9.66. The van der Waals surface area contributed by atoms with Crippen molar-refractivity contribution in [3.63, 3.8) is 0 Å². The molecule has 0 bridgehead atoms. The highest BCUT2D eigenvalue weighted by Gasteiger charge is 2.08. The van der Waals surface area contributed by atoms with Crippen molar-refractivity contribution >= 4 is 17.7 Å². The molecule has 6 heteroatoms. The fourth-order valence-corrected chi connectivity index (χ4v) is 2.47. The van der Waals surface area contributed by atoms with E-state index >= 15 is 0 Å². The van der Waals surface area contributed by atoms with E-state index in [0.29, 0.717) is 12.3 Å². The van der Waals surface area contributed by atoms with Crippen molar-refractivity contribution in [2.75, 3.05) is 12.3 Å². The van der Waals surface area contributed by atoms with Gasteiger partial charge in [0.05, 0.1) is 5.75 Å². The molecule has 20 heavy (non-hydrogen) atoms. The fourth-order valence-electron chi connectivity index (χ4n) is 1.69. The second-order valence-corrected chi connectivity index (χ2v) is 5.41. The highest BCUT2D eigenvalue weighted by Crippen LogP contribution is 2.14. The second-order valence-electron chi connectivity index (χ2n) is 4.46. The molecule has 0 aliphatic carbocycles. The lowest BCUT2D eigenvalue weighted by Gasteiger charge is -2.05. The van der Waals surface area contributed by atoms with Gasteiger partial charge in [-0.1, -0.05) is 42.1 Å². The van der Waals surface area contributed by atoms with Crippen LogP contribution in [0.5, 0.6) is 0 Å². The Balaban J connectivity index is 1.69. The predicted octanol–water partition coefficient (Wildman–Crippen LogP) is 1.57. The van der Waals surface area contributed by atoms with Gasteiger partial charge in [0.2, 0.25) is 5.91 Å². The van der Waals surface area contributed by atoms with Crippen LogP contribution in [-0.4, -0.2) is 33.0 Å². The maximum atomic E-state index is 11.7. The van der Waals surface area contributed by atoms with Gasteiger partial charge >= 0.3 is 0 Å². The Hall–Kier alpha value is -1.82. The SMILES string of the molecule is Cc1nnc(SCC(=O)NCCc2ccccc2)n1C. The number of benzene rings is 1. The lowest BCUT2D eigenvalue weighted by molar-refractivity contribution is -0.118. The van der Waals surface area contributed by atoms with Gasteiger partial charge in [-0.25, -0.2) is 0 Å². The predicted molar refractivity (Wildman–Crippen MR) is 79.6 cm³/mol. The number of rotatable bonds is 6. The van der Waals surface area contributed by atoms with E-state index in [2.05, 4.69) is 27.6 Å². The standard InChI is InChI=1S/C14H18N4OS/c1-11-16-17-14(18(11)2)20-10-13(19)15-9-8-12-6-4-3-5-7-12/h3-7H,8-10H2,1-2H3,(H,15,19). The monoisotopic (exact) mass is 290 g/mol. The molecule has 0 atom stereocenters. The second kappa shape index (κ2) is 7.09. The summed E-state index contributed by atoms with van der Waals surface area (Å²) in [4.78, 5) is 11.7. The lowest BCUT2D eigenvalue weighted by Crippen LogP contribution is -2.27. The van der Waals surface area contributed by atoms with E-state index in [4.69, 9.17) is 0 Å². The van der Waals surface area contributed by atoms with Crippen LogP contribution in [0.25, 0.3) is 0 Å². The topological polar surface area (TPSA) is 59.8 Å². The van der Waals surface area contributed by atoms with Gasteiger partial charge in [-0.2, -0.15) is 0 Å². The van der Waals surface area contributed by atoms with Crippen LogP contribution in [0.15, 0.2) is 35.5 Å². The third-order valence-corrected chi connectivity index (χ3v) is 3.98. The molecular formula is C14H18N4OS. The number of carbonyl (C=O) groups is 1. The summed E-state index contributed by atoms with van der Waals surface area (Å²) in [6, 6.07) is 10.1. The highest BCUT2D eigenvalue weighted by molar-refractivity contribution is 7.99. The van der Waals surface area contributed by atoms with Crippen LogP contribution < -0.4 is 5.32 Å². The van der Waals surface area contributed by atoms with Crippen molar-refractivity contribution < 1.29 is 4.79 Å². The summed E-state index contributed by atoms with van der Waals surface area (Å²) in [5.74, 6) is 1.23. The van der Waals surface area contributed by atoms with Crippen molar-refractivity contribution in [2.24, 2.45) is 7.05 Å². The molecule has 0 unspecified atom stereocenters. The average Bonchev–Trinajstić information content (AvgIpc) is 2.78. The minimum atomic E-state index is 0.0200. The maximum Gasteiger partial charge on any atom is 0.230 e. The Morgan fingerprint density at radius 2 is 2.05 bits per heavy atom. The van der Waals surface area contributed by atoms with Gasteiger partial charge in [0, 0.05) is 13.6 Å². The lowest BCUT2D eigenvalue weighted by atomic mass is 10.1. The first-order valence-corrected chi connectivity index (χ1v) is 7.45. The smallest absolute Gasteiger partial charge is 0.230 e. The number of nitrogens with one attached hydrogen (secondary N) is 1. The van der Waals surface area contributed by atoms with Crippen LogP contribution in [0.3, 0.4) is 0 Å². The fraction of sp³-hybridized carbons (Fsp3) is 0.357. The molecule has 1 amide bonds. The van der Waals surface area contributed by atoms with E-state index in [-0.39, 0.29) is 5.91 Å². The van der Waals surface area contributed by atoms with E-state index in [1.165, 1.54) is 17.3 Å². The van der Waals surface area contributed by atoms with Crippen LogP contribution >= 0.6 is 11.8 Å². The van der Waals surface area contributed by atoms with Crippen LogP contribution in [0, 0.1) is 6.92 Å². The molecule has 106 valence electrons. The molecule has 2 rings (SSSR count). The zero-order valence-electron chi connectivity index (χ0n) is 11.7. The molecule has 5 nitrogen and oxygen atoms in total. The van der Waals surface area contributed by atoms with Gasteiger partial charge < -0.3 is 9.88 Å². The van der Waals surface area contributed by atoms with Gasteiger partial charge in [-0.3, -0.25) is 4.79 Å². The van der Waals surface area contributed by atoms with Gasteiger partial charge in [0.15, 0.2) is 5.16 Å². The Bertz CT molecular complexity index is 568. The molecule has 0 saturated heterocycles. The summed E-state index contributed by atoms with van der Waals surface area (Å²) in [7, 11) is 1.89. The number of hydrogen-bond acceptors (Lipinski definition) is 4. The van der Waals surface area contributed by atoms with Crippen molar-refractivity contribution in [1.29, 1.82) is 0 Å². The van der Waals surface area contributed by atoms with Gasteiger partial charge in [0.25, 0.3) is 0 Å². The zero-order valence-corrected chi connectivity index (χ0v) is 12.5. The summed E-state index contributed by atoms with van der Waals surface area (Å²) in [6.45, 7) is 2.54. The molecule has 0 spiro atoms. The van der Waals surface area contributed by atoms with E-state index in [1.54, 1.807) is 0 Å². The Kier molecular flexibility index (Phi) is 5.17. The van der Waals surface area contributed by atoms with Crippen molar-refractivity contribution in [2.45, 2.75) is 18.5 Å². The minimum absolute atomic E-state index is 0.0200. The van der Waals surface area contributed by atoms with Crippen LogP contribution in [0.1, 0.15) is 11.4 Å². The third kappa shape index (κ3) is 4.09. The number of carbonyl (C=O) groups excluding carboxylic acids is 1. The van der Waals surface area contributed by atoms with E-state index in [0.717, 1.165) is 17.4 Å². The summed E-state index contributed by atoms with van der Waals surface area (Å²) in [5, 5.41) is 11.6. The van der Waals surface area contributed by atoms with E-state index in [1.807, 2.05) is 36.7 Å². The van der Waals surface area contributed by atoms with E-state index in [9.17, 15) is 4.79 Å². The first kappa shape index (κ1) is 14.6. The number of thioether (sulfide) groups is 1. The number of aryl methyl sites for hydroxylation is 1. The van der Waals surface area contributed by atoms with Gasteiger partial charge in [0.1, 0.15) is 5.82 Å². The number of aromatic nitrogens is 3. The Labute approximate surface area is 122 Å². The number of amides is 1. The average molecular weight is 290 g/mol. The molecule has 2 aromatic rings. The summed E-state index contributed by atoms with van der Waals surface area (Å²) >= 11 is 1.40.